The second-order valence-corrected chi connectivity index (χ2v) is 4.11. The van der Waals surface area contributed by atoms with E-state index in [1.807, 2.05) is 12.1 Å². The minimum Gasteiger partial charge on any atom is -0.497 e. The van der Waals surface area contributed by atoms with Gasteiger partial charge in [-0.25, -0.2) is 0 Å². The van der Waals surface area contributed by atoms with Crippen LogP contribution in [0.2, 0.25) is 0 Å². The van der Waals surface area contributed by atoms with E-state index in [1.54, 1.807) is 19.2 Å². The highest BCUT2D eigenvalue weighted by Gasteiger charge is 2.31. The average molecular weight is 223 g/mol. The number of hydrogen-bond donors (Lipinski definition) is 1. The Hall–Kier alpha value is -1.49. The number of rotatable bonds is 2. The molecule has 78 valence electrons. The lowest BCUT2D eigenvalue weighted by molar-refractivity contribution is -0.132. The predicted molar refractivity (Wildman–Crippen MR) is 56.5 cm³/mol. The van der Waals surface area contributed by atoms with E-state index in [-0.39, 0.29) is 5.37 Å². The fourth-order valence-corrected chi connectivity index (χ4v) is 2.14. The smallest absolute Gasteiger partial charge is 0.299 e. The number of benzene rings is 1. The van der Waals surface area contributed by atoms with Crippen molar-refractivity contribution in [1.82, 2.24) is 5.32 Å². The van der Waals surface area contributed by atoms with Gasteiger partial charge in [0.15, 0.2) is 0 Å². The van der Waals surface area contributed by atoms with Gasteiger partial charge in [0, 0.05) is 0 Å². The van der Waals surface area contributed by atoms with Crippen molar-refractivity contribution in [3.8, 4) is 5.75 Å². The van der Waals surface area contributed by atoms with Gasteiger partial charge < -0.3 is 10.1 Å². The highest BCUT2D eigenvalue weighted by molar-refractivity contribution is 8.16. The molecule has 0 aromatic heterocycles. The molecule has 1 saturated heterocycles. The summed E-state index contributed by atoms with van der Waals surface area (Å²) in [5.41, 5.74) is 0.889. The van der Waals surface area contributed by atoms with Crippen LogP contribution in [0.25, 0.3) is 0 Å². The molecule has 1 heterocycles. The molecule has 0 radical (unpaired) electrons. The Morgan fingerprint density at radius 2 is 1.93 bits per heavy atom. The van der Waals surface area contributed by atoms with E-state index in [0.29, 0.717) is 0 Å². The third-order valence-electron chi connectivity index (χ3n) is 2.09. The van der Waals surface area contributed by atoms with E-state index in [1.165, 1.54) is 0 Å². The molecule has 1 aromatic carbocycles. The number of hydrogen-bond acceptors (Lipinski definition) is 4. The van der Waals surface area contributed by atoms with E-state index >= 15 is 0 Å². The molecular weight excluding hydrogens is 214 g/mol. The topological polar surface area (TPSA) is 55.4 Å². The van der Waals surface area contributed by atoms with Gasteiger partial charge in [-0.3, -0.25) is 9.59 Å². The van der Waals surface area contributed by atoms with Crippen LogP contribution in [-0.4, -0.2) is 18.1 Å². The Balaban J connectivity index is 2.17. The molecule has 0 aliphatic carbocycles. The molecule has 5 heteroatoms. The molecule has 1 aliphatic rings. The number of methoxy groups -OCH3 is 1. The molecule has 4 nitrogen and oxygen atoms in total. The molecule has 1 amide bonds. The molecule has 1 fully saturated rings. The second kappa shape index (κ2) is 3.94. The van der Waals surface area contributed by atoms with E-state index in [0.717, 1.165) is 23.1 Å². The molecule has 15 heavy (non-hydrogen) atoms. The minimum atomic E-state index is -0.527. The van der Waals surface area contributed by atoms with Crippen LogP contribution in [0, 0.1) is 0 Å². The Labute approximate surface area is 91.0 Å². The van der Waals surface area contributed by atoms with Gasteiger partial charge in [-0.2, -0.15) is 0 Å². The zero-order valence-electron chi connectivity index (χ0n) is 8.02. The minimum absolute atomic E-state index is 0.268. The van der Waals surface area contributed by atoms with E-state index < -0.39 is 11.0 Å². The van der Waals surface area contributed by atoms with Crippen LogP contribution in [0.1, 0.15) is 10.9 Å². The summed E-state index contributed by atoms with van der Waals surface area (Å²) in [6, 6.07) is 7.25. The molecule has 1 aromatic rings. The third-order valence-corrected chi connectivity index (χ3v) is 3.12. The quantitative estimate of drug-likeness (QED) is 0.762. The first-order chi connectivity index (χ1) is 7.20. The summed E-state index contributed by atoms with van der Waals surface area (Å²) in [5.74, 6) is 0.222. The fraction of sp³-hybridized carbons (Fsp3) is 0.200. The first kappa shape index (κ1) is 10.0. The zero-order chi connectivity index (χ0) is 10.8. The standard InChI is InChI=1S/C10H9NO3S/c1-14-7-4-2-6(3-5-7)9-11-8(12)10(13)15-9/h2-5,9H,1H3,(H,11,12). The van der Waals surface area contributed by atoms with Gasteiger partial charge in [0.05, 0.1) is 7.11 Å². The maximum atomic E-state index is 11.0. The molecule has 0 bridgehead atoms. The molecule has 1 unspecified atom stereocenters. The van der Waals surface area contributed by atoms with Gasteiger partial charge in [-0.05, 0) is 29.5 Å². The maximum Gasteiger partial charge on any atom is 0.299 e. The van der Waals surface area contributed by atoms with Gasteiger partial charge in [0.25, 0.3) is 11.0 Å². The number of amides is 1. The largest absolute Gasteiger partial charge is 0.497 e. The summed E-state index contributed by atoms with van der Waals surface area (Å²) in [6.07, 6.45) is 0. The number of nitrogens with one attached hydrogen (secondary N) is 1. The van der Waals surface area contributed by atoms with Crippen molar-refractivity contribution < 1.29 is 14.3 Å². The number of ether oxygens (including phenoxy) is 1. The number of carbonyl (C=O) groups is 2. The van der Waals surface area contributed by atoms with Crippen LogP contribution in [0.3, 0.4) is 0 Å². The highest BCUT2D eigenvalue weighted by atomic mass is 32.2. The van der Waals surface area contributed by atoms with Crippen molar-refractivity contribution in [1.29, 1.82) is 0 Å². The Morgan fingerprint density at radius 3 is 2.40 bits per heavy atom. The van der Waals surface area contributed by atoms with Crippen LogP contribution in [0.15, 0.2) is 24.3 Å². The normalized spacial score (nSPS) is 20.2. The monoisotopic (exact) mass is 223 g/mol. The summed E-state index contributed by atoms with van der Waals surface area (Å²) >= 11 is 1.000. The highest BCUT2D eigenvalue weighted by Crippen LogP contribution is 2.32. The molecule has 2 rings (SSSR count). The maximum absolute atomic E-state index is 11.0. The van der Waals surface area contributed by atoms with Gasteiger partial charge in [-0.1, -0.05) is 12.1 Å². The van der Waals surface area contributed by atoms with Crippen molar-refractivity contribution >= 4 is 22.8 Å². The van der Waals surface area contributed by atoms with E-state index in [9.17, 15) is 9.59 Å². The van der Waals surface area contributed by atoms with Gasteiger partial charge in [-0.15, -0.1) is 0 Å². The lowest BCUT2D eigenvalue weighted by Crippen LogP contribution is -2.21. The van der Waals surface area contributed by atoms with Crippen LogP contribution in [0.5, 0.6) is 5.75 Å². The van der Waals surface area contributed by atoms with Crippen molar-refractivity contribution in [3.63, 3.8) is 0 Å². The van der Waals surface area contributed by atoms with Crippen molar-refractivity contribution in [2.75, 3.05) is 7.11 Å². The Kier molecular flexibility index (Phi) is 2.64. The van der Waals surface area contributed by atoms with E-state index in [4.69, 9.17) is 4.74 Å². The molecule has 1 N–H and O–H groups in total. The first-order valence-corrected chi connectivity index (χ1v) is 5.24. The van der Waals surface area contributed by atoms with Crippen molar-refractivity contribution in [2.45, 2.75) is 5.37 Å². The zero-order valence-corrected chi connectivity index (χ0v) is 8.84. The lowest BCUT2D eigenvalue weighted by atomic mass is 10.2. The Bertz CT molecular complexity index is 386. The van der Waals surface area contributed by atoms with Gasteiger partial charge in [0.1, 0.15) is 11.1 Å². The number of carbonyl (C=O) groups excluding carboxylic acids is 2. The third kappa shape index (κ3) is 1.97. The van der Waals surface area contributed by atoms with Crippen LogP contribution in [-0.2, 0) is 9.59 Å². The molecule has 1 aliphatic heterocycles. The fourth-order valence-electron chi connectivity index (χ4n) is 1.30. The van der Waals surface area contributed by atoms with E-state index in [2.05, 4.69) is 5.32 Å². The molecule has 0 spiro atoms. The SMILES string of the molecule is COc1ccc(C2NC(=O)C(=O)S2)cc1. The summed E-state index contributed by atoms with van der Waals surface area (Å²) in [5, 5.41) is 1.89. The second-order valence-electron chi connectivity index (χ2n) is 3.03. The van der Waals surface area contributed by atoms with Crippen LogP contribution >= 0.6 is 11.8 Å². The number of thioether (sulfide) groups is 1. The van der Waals surface area contributed by atoms with Crippen LogP contribution in [0.4, 0.5) is 0 Å². The van der Waals surface area contributed by atoms with Crippen molar-refractivity contribution in [3.05, 3.63) is 29.8 Å². The first-order valence-electron chi connectivity index (χ1n) is 4.36. The molecule has 0 saturated carbocycles. The Morgan fingerprint density at radius 1 is 1.27 bits per heavy atom. The summed E-state index contributed by atoms with van der Waals surface area (Å²) < 4.78 is 5.01. The lowest BCUT2D eigenvalue weighted by Gasteiger charge is -2.08. The summed E-state index contributed by atoms with van der Waals surface area (Å²) in [7, 11) is 1.59. The van der Waals surface area contributed by atoms with Gasteiger partial charge >= 0.3 is 0 Å². The average Bonchev–Trinajstić information content (AvgIpc) is 2.59. The summed E-state index contributed by atoms with van der Waals surface area (Å²) in [4.78, 5) is 22.0. The molecular formula is C10H9NO3S. The van der Waals surface area contributed by atoms with Crippen molar-refractivity contribution in [2.24, 2.45) is 0 Å². The van der Waals surface area contributed by atoms with Crippen LogP contribution < -0.4 is 10.1 Å². The predicted octanol–water partition coefficient (Wildman–Crippen LogP) is 1.08. The summed E-state index contributed by atoms with van der Waals surface area (Å²) in [6.45, 7) is 0. The van der Waals surface area contributed by atoms with Gasteiger partial charge in [0.2, 0.25) is 0 Å². The molecule has 1 atom stereocenters.